The Labute approximate surface area is 132 Å². The lowest BCUT2D eigenvalue weighted by Crippen LogP contribution is -2.36. The summed E-state index contributed by atoms with van der Waals surface area (Å²) in [6.07, 6.45) is 0. The second-order valence-electron chi connectivity index (χ2n) is 5.23. The number of nitrogens with zero attached hydrogens (tertiary/aromatic N) is 2. The molecule has 0 fully saturated rings. The SMILES string of the molecule is CC.CN(O)C(=O)CN(C)C(c1ccc(O)cc1)P(C)(C)=O. The molecule has 1 aromatic carbocycles. The molecule has 22 heavy (non-hydrogen) atoms. The van der Waals surface area contributed by atoms with Crippen LogP contribution in [0.3, 0.4) is 0 Å². The van der Waals surface area contributed by atoms with Crippen molar-refractivity contribution in [2.45, 2.75) is 19.6 Å². The Morgan fingerprint density at radius 2 is 1.64 bits per heavy atom. The zero-order valence-corrected chi connectivity index (χ0v) is 15.0. The van der Waals surface area contributed by atoms with Crippen molar-refractivity contribution in [2.75, 3.05) is 34.0 Å². The zero-order valence-electron chi connectivity index (χ0n) is 14.1. The van der Waals surface area contributed by atoms with Gasteiger partial charge in [0, 0.05) is 7.05 Å². The number of carbonyl (C=O) groups is 1. The van der Waals surface area contributed by atoms with E-state index in [2.05, 4.69) is 0 Å². The average Bonchev–Trinajstić information content (AvgIpc) is 2.41. The van der Waals surface area contributed by atoms with Crippen LogP contribution in [0.2, 0.25) is 0 Å². The van der Waals surface area contributed by atoms with E-state index in [1.807, 2.05) is 13.8 Å². The lowest BCUT2D eigenvalue weighted by atomic mass is 10.2. The summed E-state index contributed by atoms with van der Waals surface area (Å²) in [5.74, 6) is -0.805. The predicted octanol–water partition coefficient (Wildman–Crippen LogP) is 2.82. The zero-order chi connectivity index (χ0) is 17.5. The minimum Gasteiger partial charge on any atom is -0.508 e. The van der Waals surface area contributed by atoms with Gasteiger partial charge in [-0.2, -0.15) is 0 Å². The first-order chi connectivity index (χ1) is 10.1. The van der Waals surface area contributed by atoms with Crippen molar-refractivity contribution < 1.29 is 19.7 Å². The van der Waals surface area contributed by atoms with Gasteiger partial charge in [0.1, 0.15) is 12.9 Å². The average molecular weight is 330 g/mol. The molecule has 2 N–H and O–H groups in total. The summed E-state index contributed by atoms with van der Waals surface area (Å²) in [4.78, 5) is 13.2. The van der Waals surface area contributed by atoms with E-state index >= 15 is 0 Å². The third-order valence-electron chi connectivity index (χ3n) is 2.94. The van der Waals surface area contributed by atoms with Crippen LogP contribution in [0.25, 0.3) is 0 Å². The Kier molecular flexibility index (Phi) is 8.38. The monoisotopic (exact) mass is 330 g/mol. The molecule has 1 aromatic rings. The lowest BCUT2D eigenvalue weighted by Gasteiger charge is -2.31. The maximum Gasteiger partial charge on any atom is 0.259 e. The third kappa shape index (κ3) is 6.18. The van der Waals surface area contributed by atoms with Crippen LogP contribution in [0.5, 0.6) is 5.75 Å². The topological polar surface area (TPSA) is 81.1 Å². The molecule has 0 heterocycles. The Morgan fingerprint density at radius 3 is 2.00 bits per heavy atom. The van der Waals surface area contributed by atoms with Gasteiger partial charge < -0.3 is 9.67 Å². The van der Waals surface area contributed by atoms with Crippen LogP contribution in [0, 0.1) is 0 Å². The minimum absolute atomic E-state index is 0.0514. The quantitative estimate of drug-likeness (QED) is 0.493. The van der Waals surface area contributed by atoms with Gasteiger partial charge in [0.15, 0.2) is 0 Å². The van der Waals surface area contributed by atoms with Crippen molar-refractivity contribution in [3.05, 3.63) is 29.8 Å². The highest BCUT2D eigenvalue weighted by molar-refractivity contribution is 7.62. The number of hydroxylamine groups is 2. The molecule has 0 aliphatic carbocycles. The number of benzene rings is 1. The number of rotatable bonds is 5. The maximum absolute atomic E-state index is 12.5. The predicted molar refractivity (Wildman–Crippen MR) is 88.8 cm³/mol. The first kappa shape index (κ1) is 20.6. The number of likely N-dealkylation sites (N-methyl/N-ethyl adjacent to an activating group) is 2. The Morgan fingerprint density at radius 1 is 1.18 bits per heavy atom. The molecule has 1 rings (SSSR count). The van der Waals surface area contributed by atoms with Crippen molar-refractivity contribution in [3.63, 3.8) is 0 Å². The Bertz CT molecular complexity index is 511. The van der Waals surface area contributed by atoms with Crippen LogP contribution < -0.4 is 0 Å². The fourth-order valence-corrected chi connectivity index (χ4v) is 4.06. The van der Waals surface area contributed by atoms with Gasteiger partial charge in [-0.25, -0.2) is 5.06 Å². The summed E-state index contributed by atoms with van der Waals surface area (Å²) in [6.45, 7) is 7.24. The molecule has 0 radical (unpaired) electrons. The number of hydrogen-bond donors (Lipinski definition) is 2. The van der Waals surface area contributed by atoms with Crippen LogP contribution in [-0.2, 0) is 9.36 Å². The first-order valence-corrected chi connectivity index (χ1v) is 9.79. The fraction of sp³-hybridized carbons (Fsp3) is 0.533. The molecule has 1 amide bonds. The van der Waals surface area contributed by atoms with Crippen molar-refractivity contribution in [3.8, 4) is 5.75 Å². The summed E-state index contributed by atoms with van der Waals surface area (Å²) in [6, 6.07) is 6.41. The molecule has 0 spiro atoms. The van der Waals surface area contributed by atoms with E-state index in [9.17, 15) is 14.5 Å². The molecule has 0 aromatic heterocycles. The minimum atomic E-state index is -2.56. The van der Waals surface area contributed by atoms with Crippen molar-refractivity contribution in [1.82, 2.24) is 9.96 Å². The Hall–Kier alpha value is -1.36. The molecule has 126 valence electrons. The summed E-state index contributed by atoms with van der Waals surface area (Å²) >= 11 is 0. The number of aromatic hydroxyl groups is 1. The summed E-state index contributed by atoms with van der Waals surface area (Å²) in [7, 11) is 0.369. The van der Waals surface area contributed by atoms with Crippen LogP contribution in [0.4, 0.5) is 0 Å². The number of hydrogen-bond acceptors (Lipinski definition) is 5. The first-order valence-electron chi connectivity index (χ1n) is 7.12. The molecule has 0 aliphatic rings. The lowest BCUT2D eigenvalue weighted by molar-refractivity contribution is -0.160. The van der Waals surface area contributed by atoms with Crippen LogP contribution in [0.1, 0.15) is 25.2 Å². The highest BCUT2D eigenvalue weighted by atomic mass is 31.2. The summed E-state index contributed by atoms with van der Waals surface area (Å²) in [5.41, 5.74) is 0.757. The van der Waals surface area contributed by atoms with E-state index < -0.39 is 18.8 Å². The van der Waals surface area contributed by atoms with Crippen molar-refractivity contribution in [2.24, 2.45) is 0 Å². The van der Waals surface area contributed by atoms with Crippen molar-refractivity contribution in [1.29, 1.82) is 0 Å². The van der Waals surface area contributed by atoms with Gasteiger partial charge in [0.25, 0.3) is 5.91 Å². The molecular formula is C15H27N2O4P. The standard InChI is InChI=1S/C13H21N2O4P.C2H6/c1-14(9-12(17)15(2)18)13(20(3,4)19)10-5-7-11(16)8-6-10;1-2/h5-8,13,16,18H,9H2,1-4H3;1-2H3. The molecule has 0 saturated carbocycles. The van der Waals surface area contributed by atoms with Gasteiger partial charge in [-0.3, -0.25) is 14.9 Å². The van der Waals surface area contributed by atoms with Crippen LogP contribution >= 0.6 is 7.14 Å². The van der Waals surface area contributed by atoms with E-state index in [1.165, 1.54) is 19.2 Å². The van der Waals surface area contributed by atoms with Gasteiger partial charge in [-0.15, -0.1) is 0 Å². The number of phenols is 1. The third-order valence-corrected chi connectivity index (χ3v) is 4.81. The molecule has 7 heteroatoms. The normalized spacial score (nSPS) is 12.4. The molecule has 1 unspecified atom stereocenters. The summed E-state index contributed by atoms with van der Waals surface area (Å²) < 4.78 is 12.5. The van der Waals surface area contributed by atoms with E-state index in [-0.39, 0.29) is 12.3 Å². The van der Waals surface area contributed by atoms with Gasteiger partial charge in [0.2, 0.25) is 0 Å². The highest BCUT2D eigenvalue weighted by Crippen LogP contribution is 2.54. The van der Waals surface area contributed by atoms with Gasteiger partial charge >= 0.3 is 0 Å². The van der Waals surface area contributed by atoms with E-state index in [0.717, 1.165) is 5.56 Å². The largest absolute Gasteiger partial charge is 0.508 e. The van der Waals surface area contributed by atoms with Gasteiger partial charge in [-0.1, -0.05) is 26.0 Å². The number of carbonyl (C=O) groups excluding carboxylic acids is 1. The number of amides is 1. The van der Waals surface area contributed by atoms with Crippen molar-refractivity contribution >= 4 is 13.0 Å². The summed E-state index contributed by atoms with van der Waals surface area (Å²) in [5, 5.41) is 19.0. The molecule has 0 bridgehead atoms. The van der Waals surface area contributed by atoms with Crippen LogP contribution in [-0.4, -0.2) is 60.2 Å². The second kappa shape index (κ2) is 8.93. The maximum atomic E-state index is 12.5. The molecular weight excluding hydrogens is 303 g/mol. The molecule has 0 aliphatic heterocycles. The smallest absolute Gasteiger partial charge is 0.259 e. The van der Waals surface area contributed by atoms with E-state index in [4.69, 9.17) is 5.21 Å². The van der Waals surface area contributed by atoms with E-state index in [1.54, 1.807) is 37.4 Å². The second-order valence-corrected chi connectivity index (χ2v) is 8.59. The molecule has 1 atom stereocenters. The Balaban J connectivity index is 0.00000211. The van der Waals surface area contributed by atoms with Crippen LogP contribution in [0.15, 0.2) is 24.3 Å². The van der Waals surface area contributed by atoms with E-state index in [0.29, 0.717) is 5.06 Å². The molecule has 0 saturated heterocycles. The molecule has 6 nitrogen and oxygen atoms in total. The number of phenolic OH excluding ortho intramolecular Hbond substituents is 1. The fourth-order valence-electron chi connectivity index (χ4n) is 2.14. The van der Waals surface area contributed by atoms with Gasteiger partial charge in [0.05, 0.1) is 12.3 Å². The van der Waals surface area contributed by atoms with Gasteiger partial charge in [-0.05, 0) is 38.1 Å². The highest BCUT2D eigenvalue weighted by Gasteiger charge is 2.30.